The van der Waals surface area contributed by atoms with E-state index in [2.05, 4.69) is 49.0 Å². The Bertz CT molecular complexity index is 540. The van der Waals surface area contributed by atoms with Crippen molar-refractivity contribution in [2.24, 2.45) is 0 Å². The maximum absolute atomic E-state index is 5.57. The van der Waals surface area contributed by atoms with Crippen LogP contribution in [0, 0.1) is 0 Å². The molecule has 0 amide bonds. The summed E-state index contributed by atoms with van der Waals surface area (Å²) < 4.78 is 5.57. The first-order chi connectivity index (χ1) is 8.31. The molecule has 0 saturated heterocycles. The molecule has 1 atom stereocenters. The fraction of sp³-hybridized carbons (Fsp3) is 0.125. The van der Waals surface area contributed by atoms with E-state index in [9.17, 15) is 0 Å². The lowest BCUT2D eigenvalue weighted by molar-refractivity contribution is 0.164. The lowest BCUT2D eigenvalue weighted by Crippen LogP contribution is -1.94. The summed E-state index contributed by atoms with van der Waals surface area (Å²) in [4.78, 5) is 0. The summed E-state index contributed by atoms with van der Waals surface area (Å²) in [5.41, 5.74) is 1.18. The van der Waals surface area contributed by atoms with Gasteiger partial charge in [0, 0.05) is 0 Å². The largest absolute Gasteiger partial charge is 0.494 e. The topological polar surface area (TPSA) is 9.23 Å². The first kappa shape index (κ1) is 11.5. The molecule has 0 aliphatic carbocycles. The number of fused-ring (bicyclic) bond motifs is 1. The van der Waals surface area contributed by atoms with Crippen LogP contribution >= 0.6 is 0 Å². The zero-order valence-corrected chi connectivity index (χ0v) is 9.97. The number of hydrogen-bond donors (Lipinski definition) is 0. The first-order valence-corrected chi connectivity index (χ1v) is 5.73. The zero-order chi connectivity index (χ0) is 12.1. The number of ether oxygens (including phenoxy) is 1. The van der Waals surface area contributed by atoms with Gasteiger partial charge >= 0.3 is 0 Å². The van der Waals surface area contributed by atoms with Crippen LogP contribution in [0.1, 0.15) is 18.6 Å². The van der Waals surface area contributed by atoms with Crippen LogP contribution in [0.25, 0.3) is 10.8 Å². The molecule has 1 heteroatoms. The van der Waals surface area contributed by atoms with Gasteiger partial charge in [0.2, 0.25) is 0 Å². The Morgan fingerprint density at radius 2 is 1.88 bits per heavy atom. The van der Waals surface area contributed by atoms with Crippen LogP contribution in [0.4, 0.5) is 0 Å². The summed E-state index contributed by atoms with van der Waals surface area (Å²) in [7, 11) is 0. The Morgan fingerprint density at radius 3 is 2.65 bits per heavy atom. The quantitative estimate of drug-likeness (QED) is 0.544. The predicted molar refractivity (Wildman–Crippen MR) is 72.8 cm³/mol. The minimum atomic E-state index is 0.0517. The molecule has 1 unspecified atom stereocenters. The van der Waals surface area contributed by atoms with E-state index in [1.807, 2.05) is 6.92 Å². The van der Waals surface area contributed by atoms with Crippen LogP contribution in [-0.4, -0.2) is 0 Å². The molecule has 0 aliphatic rings. The second-order valence-corrected chi connectivity index (χ2v) is 3.95. The Hall–Kier alpha value is -2.02. The Balaban J connectivity index is 2.23. The van der Waals surface area contributed by atoms with Crippen molar-refractivity contribution >= 4 is 10.8 Å². The molecule has 2 rings (SSSR count). The van der Waals surface area contributed by atoms with E-state index in [0.717, 1.165) is 0 Å². The Labute approximate surface area is 102 Å². The van der Waals surface area contributed by atoms with Gasteiger partial charge in [-0.25, -0.2) is 0 Å². The summed E-state index contributed by atoms with van der Waals surface area (Å²) in [5, 5.41) is 2.50. The smallest absolute Gasteiger partial charge is 0.120 e. The van der Waals surface area contributed by atoms with Gasteiger partial charge in [-0.05, 0) is 35.4 Å². The molecule has 0 N–H and O–H groups in total. The zero-order valence-electron chi connectivity index (χ0n) is 9.97. The molecule has 0 spiro atoms. The highest BCUT2D eigenvalue weighted by Gasteiger charge is 2.04. The minimum Gasteiger partial charge on any atom is -0.494 e. The van der Waals surface area contributed by atoms with Gasteiger partial charge in [0.1, 0.15) is 6.10 Å². The van der Waals surface area contributed by atoms with Gasteiger partial charge in [0.15, 0.2) is 0 Å². The summed E-state index contributed by atoms with van der Waals surface area (Å²) in [6, 6.07) is 14.7. The molecule has 86 valence electrons. The lowest BCUT2D eigenvalue weighted by Gasteiger charge is -2.12. The Kier molecular flexibility index (Phi) is 3.61. The van der Waals surface area contributed by atoms with Crippen molar-refractivity contribution in [3.63, 3.8) is 0 Å². The average Bonchev–Trinajstić information content (AvgIpc) is 2.38. The van der Waals surface area contributed by atoms with Crippen molar-refractivity contribution in [1.82, 2.24) is 0 Å². The molecule has 17 heavy (non-hydrogen) atoms. The molecule has 0 bridgehead atoms. The van der Waals surface area contributed by atoms with Crippen LogP contribution in [0.15, 0.2) is 67.5 Å². The van der Waals surface area contributed by atoms with Crippen LogP contribution in [0.5, 0.6) is 0 Å². The standard InChI is InChI=1S/C16H16O/c1-3-4-11-17-13(2)15-10-9-14-7-5-6-8-16(14)12-15/h3-13H,1H2,2H3. The SMILES string of the molecule is C=CC=COC(C)c1ccc2ccccc2c1. The van der Waals surface area contributed by atoms with E-state index >= 15 is 0 Å². The van der Waals surface area contributed by atoms with E-state index in [1.54, 1.807) is 18.4 Å². The molecule has 0 aliphatic heterocycles. The summed E-state index contributed by atoms with van der Waals surface area (Å²) in [5.74, 6) is 0. The van der Waals surface area contributed by atoms with Crippen molar-refractivity contribution in [2.45, 2.75) is 13.0 Å². The number of allylic oxidation sites excluding steroid dienone is 2. The van der Waals surface area contributed by atoms with E-state index in [-0.39, 0.29) is 6.10 Å². The third-order valence-electron chi connectivity index (χ3n) is 2.74. The molecule has 0 saturated carbocycles. The van der Waals surface area contributed by atoms with Gasteiger partial charge in [-0.2, -0.15) is 0 Å². The highest BCUT2D eigenvalue weighted by Crippen LogP contribution is 2.22. The highest BCUT2D eigenvalue weighted by atomic mass is 16.5. The van der Waals surface area contributed by atoms with Crippen LogP contribution in [0.2, 0.25) is 0 Å². The van der Waals surface area contributed by atoms with Gasteiger partial charge in [-0.15, -0.1) is 0 Å². The molecule has 0 radical (unpaired) electrons. The highest BCUT2D eigenvalue weighted by molar-refractivity contribution is 5.83. The molecule has 2 aromatic carbocycles. The van der Waals surface area contributed by atoms with E-state index < -0.39 is 0 Å². The molecule has 1 nitrogen and oxygen atoms in total. The molecule has 0 aromatic heterocycles. The van der Waals surface area contributed by atoms with Crippen molar-refractivity contribution in [3.8, 4) is 0 Å². The Morgan fingerprint density at radius 1 is 1.12 bits per heavy atom. The van der Waals surface area contributed by atoms with Gasteiger partial charge in [-0.1, -0.05) is 49.1 Å². The number of rotatable bonds is 4. The van der Waals surface area contributed by atoms with Gasteiger partial charge < -0.3 is 4.74 Å². The maximum atomic E-state index is 5.57. The average molecular weight is 224 g/mol. The predicted octanol–water partition coefficient (Wildman–Crippen LogP) is 4.62. The van der Waals surface area contributed by atoms with Gasteiger partial charge in [0.05, 0.1) is 6.26 Å². The van der Waals surface area contributed by atoms with Gasteiger partial charge in [-0.3, -0.25) is 0 Å². The normalized spacial score (nSPS) is 12.8. The fourth-order valence-electron chi connectivity index (χ4n) is 1.76. The second-order valence-electron chi connectivity index (χ2n) is 3.95. The monoisotopic (exact) mass is 224 g/mol. The number of hydrogen-bond acceptors (Lipinski definition) is 1. The maximum Gasteiger partial charge on any atom is 0.120 e. The number of benzene rings is 2. The molecular weight excluding hydrogens is 208 g/mol. The molecule has 0 fully saturated rings. The first-order valence-electron chi connectivity index (χ1n) is 5.73. The fourth-order valence-corrected chi connectivity index (χ4v) is 1.76. The third-order valence-corrected chi connectivity index (χ3v) is 2.74. The van der Waals surface area contributed by atoms with Gasteiger partial charge in [0.25, 0.3) is 0 Å². The molecule has 0 heterocycles. The van der Waals surface area contributed by atoms with Crippen LogP contribution in [0.3, 0.4) is 0 Å². The van der Waals surface area contributed by atoms with E-state index in [0.29, 0.717) is 0 Å². The summed E-state index contributed by atoms with van der Waals surface area (Å²) in [6.45, 7) is 5.64. The van der Waals surface area contributed by atoms with E-state index in [4.69, 9.17) is 4.74 Å². The van der Waals surface area contributed by atoms with Crippen molar-refractivity contribution in [1.29, 1.82) is 0 Å². The minimum absolute atomic E-state index is 0.0517. The summed E-state index contributed by atoms with van der Waals surface area (Å²) >= 11 is 0. The van der Waals surface area contributed by atoms with Crippen LogP contribution in [-0.2, 0) is 4.74 Å². The third kappa shape index (κ3) is 2.76. The summed E-state index contributed by atoms with van der Waals surface area (Å²) in [6.07, 6.45) is 5.22. The van der Waals surface area contributed by atoms with Crippen molar-refractivity contribution in [2.75, 3.05) is 0 Å². The van der Waals surface area contributed by atoms with Crippen LogP contribution < -0.4 is 0 Å². The van der Waals surface area contributed by atoms with E-state index in [1.165, 1.54) is 16.3 Å². The second kappa shape index (κ2) is 5.35. The lowest BCUT2D eigenvalue weighted by atomic mass is 10.0. The van der Waals surface area contributed by atoms with Crippen molar-refractivity contribution in [3.05, 3.63) is 73.0 Å². The van der Waals surface area contributed by atoms with Crippen molar-refractivity contribution < 1.29 is 4.74 Å². The molecule has 2 aromatic rings. The molecular formula is C16H16O.